The number of rotatable bonds is 2. The average molecular weight is 309 g/mol. The van der Waals surface area contributed by atoms with Crippen molar-refractivity contribution in [1.82, 2.24) is 0 Å². The fourth-order valence-electron chi connectivity index (χ4n) is 2.69. The van der Waals surface area contributed by atoms with Gasteiger partial charge in [-0.3, -0.25) is 4.79 Å². The second-order valence-corrected chi connectivity index (χ2v) is 8.65. The van der Waals surface area contributed by atoms with Crippen LogP contribution in [0.3, 0.4) is 0 Å². The predicted molar refractivity (Wildman–Crippen MR) is 96.5 cm³/mol. The Morgan fingerprint density at radius 1 is 0.955 bits per heavy atom. The monoisotopic (exact) mass is 309 g/mol. The number of benzene rings is 2. The highest BCUT2D eigenvalue weighted by Crippen LogP contribution is 2.44. The number of hydrogen-bond acceptors (Lipinski definition) is 1. The zero-order valence-corrected chi connectivity index (χ0v) is 14.3. The Hall–Kier alpha value is -1.93. The minimum absolute atomic E-state index is 0.147. The van der Waals surface area contributed by atoms with E-state index in [1.165, 1.54) is 20.5 Å². The summed E-state index contributed by atoms with van der Waals surface area (Å²) in [6.45, 7) is 8.32. The molecule has 1 aromatic heterocycles. The molecule has 0 aliphatic heterocycles. The number of ketones is 1. The highest BCUT2D eigenvalue weighted by molar-refractivity contribution is 7.46. The van der Waals surface area contributed by atoms with E-state index in [0.717, 1.165) is 4.88 Å². The van der Waals surface area contributed by atoms with Gasteiger partial charge in [-0.05, 0) is 35.2 Å². The van der Waals surface area contributed by atoms with Crippen molar-refractivity contribution in [2.24, 2.45) is 0 Å². The fraction of sp³-hybridized carbons (Fsp3) is 0.250. The molecule has 0 saturated carbocycles. The second kappa shape index (κ2) is 5.36. The first kappa shape index (κ1) is 15.0. The fourth-order valence-corrected chi connectivity index (χ4v) is 4.96. The molecule has 0 N–H and O–H groups in total. The van der Waals surface area contributed by atoms with Gasteiger partial charge in [0.15, 0.2) is 9.60 Å². The maximum Gasteiger partial charge on any atom is 0.222 e. The van der Waals surface area contributed by atoms with Crippen LogP contribution in [0.25, 0.3) is 15.0 Å². The van der Waals surface area contributed by atoms with E-state index in [0.29, 0.717) is 0 Å². The van der Waals surface area contributed by atoms with Gasteiger partial charge < -0.3 is 0 Å². The van der Waals surface area contributed by atoms with Crippen LogP contribution in [0.15, 0.2) is 54.6 Å². The van der Waals surface area contributed by atoms with Crippen LogP contribution >= 0.6 is 10.5 Å². The number of carbonyl (C=O) groups is 1. The van der Waals surface area contributed by atoms with E-state index in [-0.39, 0.29) is 21.7 Å². The van der Waals surface area contributed by atoms with Crippen molar-refractivity contribution in [2.75, 3.05) is 0 Å². The summed E-state index contributed by atoms with van der Waals surface area (Å²) in [7, 11) is -0.257. The molecule has 2 heteroatoms. The lowest BCUT2D eigenvalue weighted by atomic mass is 9.87. The number of thiophene rings is 1. The first-order chi connectivity index (χ1) is 10.4. The van der Waals surface area contributed by atoms with Crippen LogP contribution in [0, 0.1) is 0 Å². The van der Waals surface area contributed by atoms with Crippen LogP contribution in [-0.4, -0.2) is 5.78 Å². The van der Waals surface area contributed by atoms with E-state index in [2.05, 4.69) is 69.3 Å². The van der Waals surface area contributed by atoms with Crippen LogP contribution in [0.2, 0.25) is 0 Å². The normalized spacial score (nSPS) is 12.6. The third-order valence-electron chi connectivity index (χ3n) is 3.95. The molecule has 1 heterocycles. The summed E-state index contributed by atoms with van der Waals surface area (Å²) >= 11 is 0. The van der Waals surface area contributed by atoms with Gasteiger partial charge in [-0.2, -0.15) is 0 Å². The molecular formula is C20H21OS+. The van der Waals surface area contributed by atoms with Crippen molar-refractivity contribution < 1.29 is 4.79 Å². The molecule has 2 aromatic carbocycles. The summed E-state index contributed by atoms with van der Waals surface area (Å²) in [5.74, 6) is 0.166. The standard InChI is InChI=1S/C20H21OS/c1-14(21)19-13-15-7-5-6-8-18(15)22(19)17-11-9-16(10-12-17)20(2,3)4/h5-13H,1-4H3/q+1. The van der Waals surface area contributed by atoms with Gasteiger partial charge in [0.25, 0.3) is 0 Å². The van der Waals surface area contributed by atoms with E-state index < -0.39 is 0 Å². The molecule has 0 aliphatic rings. The highest BCUT2D eigenvalue weighted by atomic mass is 32.2. The average Bonchev–Trinajstić information content (AvgIpc) is 2.86. The van der Waals surface area contributed by atoms with Crippen molar-refractivity contribution in [3.8, 4) is 4.90 Å². The molecule has 0 amide bonds. The first-order valence-electron chi connectivity index (χ1n) is 7.54. The van der Waals surface area contributed by atoms with Gasteiger partial charge in [-0.25, -0.2) is 0 Å². The summed E-state index contributed by atoms with van der Waals surface area (Å²) in [6, 6.07) is 19.1. The largest absolute Gasteiger partial charge is 0.289 e. The SMILES string of the molecule is CC(=O)c1cc2ccccc2[s+]1-c1ccc(C(C)(C)C)cc1. The van der Waals surface area contributed by atoms with E-state index in [1.54, 1.807) is 6.92 Å². The van der Waals surface area contributed by atoms with Crippen LogP contribution in [0.4, 0.5) is 0 Å². The van der Waals surface area contributed by atoms with Gasteiger partial charge in [0.2, 0.25) is 10.7 Å². The van der Waals surface area contributed by atoms with Gasteiger partial charge in [-0.1, -0.05) is 45.0 Å². The van der Waals surface area contributed by atoms with Gasteiger partial charge in [-0.15, -0.1) is 0 Å². The zero-order valence-electron chi connectivity index (χ0n) is 13.5. The van der Waals surface area contributed by atoms with Gasteiger partial charge >= 0.3 is 0 Å². The summed E-state index contributed by atoms with van der Waals surface area (Å²) in [6.07, 6.45) is 0. The van der Waals surface area contributed by atoms with E-state index in [4.69, 9.17) is 0 Å². The number of hydrogen-bond donors (Lipinski definition) is 0. The third kappa shape index (κ3) is 2.59. The van der Waals surface area contributed by atoms with Gasteiger partial charge in [0.05, 0.1) is 0 Å². The molecule has 0 fully saturated rings. The molecule has 0 saturated heterocycles. The maximum atomic E-state index is 12.1. The quantitative estimate of drug-likeness (QED) is 0.414. The molecule has 3 rings (SSSR count). The Kier molecular flexibility index (Phi) is 3.65. The first-order valence-corrected chi connectivity index (χ1v) is 8.77. The van der Waals surface area contributed by atoms with Crippen LogP contribution < -0.4 is 0 Å². The second-order valence-electron chi connectivity index (χ2n) is 6.68. The molecule has 0 bridgehead atoms. The smallest absolute Gasteiger partial charge is 0.222 e. The number of fused-ring (bicyclic) bond motifs is 1. The summed E-state index contributed by atoms with van der Waals surface area (Å²) < 4.78 is 1.26. The lowest BCUT2D eigenvalue weighted by Gasteiger charge is -2.18. The number of carbonyl (C=O) groups excluding carboxylic acids is 1. The van der Waals surface area contributed by atoms with Crippen molar-refractivity contribution >= 4 is 26.3 Å². The van der Waals surface area contributed by atoms with Crippen molar-refractivity contribution in [2.45, 2.75) is 33.1 Å². The lowest BCUT2D eigenvalue weighted by Crippen LogP contribution is -2.10. The Labute approximate surface area is 134 Å². The van der Waals surface area contributed by atoms with Crippen LogP contribution in [0.1, 0.15) is 42.9 Å². The third-order valence-corrected chi connectivity index (χ3v) is 6.35. The van der Waals surface area contributed by atoms with Crippen LogP contribution in [0.5, 0.6) is 0 Å². The van der Waals surface area contributed by atoms with Crippen molar-refractivity contribution in [3.05, 3.63) is 65.0 Å². The summed E-state index contributed by atoms with van der Waals surface area (Å²) in [5.41, 5.74) is 1.47. The maximum absolute atomic E-state index is 12.1. The molecule has 1 nitrogen and oxygen atoms in total. The molecule has 0 radical (unpaired) electrons. The topological polar surface area (TPSA) is 17.1 Å². The molecule has 1 unspecified atom stereocenters. The zero-order chi connectivity index (χ0) is 15.9. The van der Waals surface area contributed by atoms with Gasteiger partial charge in [0.1, 0.15) is 0 Å². The lowest BCUT2D eigenvalue weighted by molar-refractivity contribution is 0.102. The van der Waals surface area contributed by atoms with E-state index in [9.17, 15) is 4.79 Å². The Bertz CT molecular complexity index is 832. The van der Waals surface area contributed by atoms with Crippen LogP contribution in [-0.2, 0) is 5.41 Å². The number of Topliss-reactive ketones (excluding diaryl/α,β-unsaturated/α-hetero) is 1. The van der Waals surface area contributed by atoms with E-state index in [1.807, 2.05) is 6.07 Å². The molecule has 112 valence electrons. The highest BCUT2D eigenvalue weighted by Gasteiger charge is 2.26. The van der Waals surface area contributed by atoms with Crippen molar-refractivity contribution in [1.29, 1.82) is 0 Å². The molecule has 0 aliphatic carbocycles. The predicted octanol–water partition coefficient (Wildman–Crippen LogP) is 6.08. The Morgan fingerprint density at radius 2 is 1.59 bits per heavy atom. The van der Waals surface area contributed by atoms with E-state index >= 15 is 0 Å². The Morgan fingerprint density at radius 3 is 2.18 bits per heavy atom. The molecule has 1 atom stereocenters. The summed E-state index contributed by atoms with van der Waals surface area (Å²) in [4.78, 5) is 14.2. The molecule has 22 heavy (non-hydrogen) atoms. The Balaban J connectivity index is 2.21. The van der Waals surface area contributed by atoms with Crippen molar-refractivity contribution in [3.63, 3.8) is 0 Å². The minimum Gasteiger partial charge on any atom is -0.289 e. The summed E-state index contributed by atoms with van der Waals surface area (Å²) in [5, 5.41) is 1.18. The molecular weight excluding hydrogens is 288 g/mol. The molecule has 3 aromatic rings. The minimum atomic E-state index is -0.257. The van der Waals surface area contributed by atoms with Gasteiger partial charge in [0, 0.05) is 28.8 Å². The molecule has 0 spiro atoms.